The van der Waals surface area contributed by atoms with E-state index in [1.807, 2.05) is 0 Å². The lowest BCUT2D eigenvalue weighted by atomic mass is 9.92. The number of piperidine rings is 2. The van der Waals surface area contributed by atoms with Crippen molar-refractivity contribution in [2.75, 3.05) is 39.3 Å². The quantitative estimate of drug-likeness (QED) is 0.383. The summed E-state index contributed by atoms with van der Waals surface area (Å²) < 4.78 is 5.00. The van der Waals surface area contributed by atoms with Crippen LogP contribution in [0.15, 0.2) is 0 Å². The number of carbonyl (C=O) groups excluding carboxylic acids is 3. The minimum Gasteiger partial charge on any atom is -0.480 e. The van der Waals surface area contributed by atoms with E-state index in [-0.39, 0.29) is 30.9 Å². The van der Waals surface area contributed by atoms with Crippen LogP contribution in [0.25, 0.3) is 0 Å². The number of hydrogen-bond acceptors (Lipinski definition) is 6. The summed E-state index contributed by atoms with van der Waals surface area (Å²) in [5, 5.41) is 17.6. The highest BCUT2D eigenvalue weighted by Crippen LogP contribution is 2.28. The first kappa shape index (κ1) is 24.3. The Morgan fingerprint density at radius 3 is 2.50 bits per heavy atom. The number of nitrogens with zero attached hydrogens (tertiary/aromatic N) is 1. The number of alkyl carbamates (subject to hydrolysis) is 1. The number of rotatable bonds is 10. The van der Waals surface area contributed by atoms with Crippen LogP contribution in [0.4, 0.5) is 4.79 Å². The van der Waals surface area contributed by atoms with Crippen LogP contribution in [0.1, 0.15) is 51.4 Å². The molecule has 2 aliphatic heterocycles. The summed E-state index contributed by atoms with van der Waals surface area (Å²) in [7, 11) is 0. The van der Waals surface area contributed by atoms with Gasteiger partial charge < -0.3 is 30.7 Å². The number of hydrogen-bond donors (Lipinski definition) is 4. The van der Waals surface area contributed by atoms with Crippen molar-refractivity contribution in [1.82, 2.24) is 20.9 Å². The van der Waals surface area contributed by atoms with Crippen molar-refractivity contribution in [2.45, 2.75) is 57.4 Å². The lowest BCUT2D eigenvalue weighted by molar-refractivity contribution is -0.139. The molecule has 0 radical (unpaired) electrons. The number of nitrogens with one attached hydrogen (secondary N) is 3. The third-order valence-corrected chi connectivity index (χ3v) is 6.59. The summed E-state index contributed by atoms with van der Waals surface area (Å²) >= 11 is 0. The van der Waals surface area contributed by atoms with Gasteiger partial charge in [-0.2, -0.15) is 0 Å². The van der Waals surface area contributed by atoms with Crippen LogP contribution < -0.4 is 16.0 Å². The molecular formula is C22H36N4O6. The normalized spacial score (nSPS) is 22.6. The summed E-state index contributed by atoms with van der Waals surface area (Å²) in [6, 6.07) is -1.27. The Morgan fingerprint density at radius 1 is 1.06 bits per heavy atom. The molecule has 1 saturated carbocycles. The zero-order valence-electron chi connectivity index (χ0n) is 18.6. The van der Waals surface area contributed by atoms with Gasteiger partial charge in [0.25, 0.3) is 0 Å². The fraction of sp³-hybridized carbons (Fsp3) is 0.818. The predicted octanol–water partition coefficient (Wildman–Crippen LogP) is 0.710. The second-order valence-corrected chi connectivity index (χ2v) is 9.23. The van der Waals surface area contributed by atoms with Gasteiger partial charge in [-0.05, 0) is 69.9 Å². The van der Waals surface area contributed by atoms with Gasteiger partial charge in [-0.15, -0.1) is 0 Å². The Hall–Kier alpha value is -2.36. The topological polar surface area (TPSA) is 137 Å². The van der Waals surface area contributed by atoms with Gasteiger partial charge in [0, 0.05) is 26.1 Å². The number of carboxylic acids is 1. The lowest BCUT2D eigenvalue weighted by Gasteiger charge is -2.33. The maximum absolute atomic E-state index is 12.6. The first-order valence-corrected chi connectivity index (χ1v) is 11.8. The smallest absolute Gasteiger partial charge is 0.407 e. The molecule has 2 heterocycles. The molecule has 0 aromatic heterocycles. The molecular weight excluding hydrogens is 416 g/mol. The molecule has 1 unspecified atom stereocenters. The summed E-state index contributed by atoms with van der Waals surface area (Å²) in [5.41, 5.74) is 0. The van der Waals surface area contributed by atoms with Crippen LogP contribution in [0.5, 0.6) is 0 Å². The largest absolute Gasteiger partial charge is 0.480 e. The summed E-state index contributed by atoms with van der Waals surface area (Å²) in [6.07, 6.45) is 6.24. The van der Waals surface area contributed by atoms with Crippen LogP contribution in [-0.2, 0) is 19.1 Å². The monoisotopic (exact) mass is 452 g/mol. The molecule has 10 nitrogen and oxygen atoms in total. The molecule has 2 saturated heterocycles. The van der Waals surface area contributed by atoms with Crippen molar-refractivity contribution in [1.29, 1.82) is 0 Å². The summed E-state index contributed by atoms with van der Waals surface area (Å²) in [4.78, 5) is 50.2. The highest BCUT2D eigenvalue weighted by Gasteiger charge is 2.30. The van der Waals surface area contributed by atoms with Gasteiger partial charge in [-0.1, -0.05) is 0 Å². The molecule has 4 N–H and O–H groups in total. The Bertz CT molecular complexity index is 677. The van der Waals surface area contributed by atoms with E-state index in [2.05, 4.69) is 16.0 Å². The van der Waals surface area contributed by atoms with Crippen LogP contribution in [0, 0.1) is 17.8 Å². The average Bonchev–Trinajstić information content (AvgIpc) is 3.64. The predicted molar refractivity (Wildman–Crippen MR) is 116 cm³/mol. The number of amides is 3. The number of carboxylic acid groups (broad SMARTS) is 1. The number of carbonyl (C=O) groups is 4. The maximum Gasteiger partial charge on any atom is 0.407 e. The van der Waals surface area contributed by atoms with Crippen molar-refractivity contribution < 1.29 is 29.0 Å². The molecule has 32 heavy (non-hydrogen) atoms. The van der Waals surface area contributed by atoms with Gasteiger partial charge in [0.2, 0.25) is 11.8 Å². The van der Waals surface area contributed by atoms with E-state index in [1.165, 1.54) is 0 Å². The third kappa shape index (κ3) is 7.96. The van der Waals surface area contributed by atoms with E-state index in [0.717, 1.165) is 51.6 Å². The zero-order valence-corrected chi connectivity index (χ0v) is 18.6. The molecule has 0 spiro atoms. The van der Waals surface area contributed by atoms with Crippen LogP contribution in [0.3, 0.4) is 0 Å². The zero-order chi connectivity index (χ0) is 22.9. The van der Waals surface area contributed by atoms with E-state index < -0.39 is 18.1 Å². The Kier molecular flexibility index (Phi) is 9.13. The number of aliphatic carboxylic acids is 1. The molecule has 3 rings (SSSR count). The Morgan fingerprint density at radius 2 is 1.81 bits per heavy atom. The van der Waals surface area contributed by atoms with Gasteiger partial charge in [0.1, 0.15) is 6.04 Å². The number of likely N-dealkylation sites (tertiary alicyclic amines) is 1. The van der Waals surface area contributed by atoms with E-state index in [0.29, 0.717) is 37.8 Å². The molecule has 3 amide bonds. The fourth-order valence-corrected chi connectivity index (χ4v) is 4.28. The highest BCUT2D eigenvalue weighted by atomic mass is 16.5. The van der Waals surface area contributed by atoms with Gasteiger partial charge in [-0.25, -0.2) is 9.59 Å². The van der Waals surface area contributed by atoms with Gasteiger partial charge >= 0.3 is 12.1 Å². The fourth-order valence-electron chi connectivity index (χ4n) is 4.28. The first-order valence-electron chi connectivity index (χ1n) is 11.8. The molecule has 180 valence electrons. The molecule has 0 bridgehead atoms. The Balaban J connectivity index is 1.39. The lowest BCUT2D eigenvalue weighted by Crippen LogP contribution is -2.51. The van der Waals surface area contributed by atoms with Crippen molar-refractivity contribution >= 4 is 23.9 Å². The molecule has 3 aliphatic rings. The molecule has 0 aromatic carbocycles. The second kappa shape index (κ2) is 12.0. The summed E-state index contributed by atoms with van der Waals surface area (Å²) in [5.74, 6) is -0.861. The van der Waals surface area contributed by atoms with Crippen molar-refractivity contribution in [3.63, 3.8) is 0 Å². The van der Waals surface area contributed by atoms with E-state index >= 15 is 0 Å². The van der Waals surface area contributed by atoms with Gasteiger partial charge in [-0.3, -0.25) is 9.59 Å². The standard InChI is InChI=1S/C22H36N4O6/c27-19(6-5-15-7-9-23-10-8-15)26-11-1-2-17(13-26)20(28)24-12-18(21(29)30)25-22(31)32-14-16-3-4-16/h15-18,23H,1-14H2,(H,24,28)(H,25,31)(H,29,30)/t17-,18?/m1/s1. The van der Waals surface area contributed by atoms with Crippen molar-refractivity contribution in [2.24, 2.45) is 17.8 Å². The maximum atomic E-state index is 12.6. The van der Waals surface area contributed by atoms with Crippen LogP contribution in [-0.4, -0.2) is 79.3 Å². The highest BCUT2D eigenvalue weighted by molar-refractivity contribution is 5.83. The molecule has 0 aromatic rings. The molecule has 2 atom stereocenters. The van der Waals surface area contributed by atoms with Gasteiger partial charge in [0.15, 0.2) is 0 Å². The molecule has 3 fully saturated rings. The SMILES string of the molecule is O=C(NC(CNC(=O)[C@@H]1CCCN(C(=O)CCC2CCNCC2)C1)C(=O)O)OCC1CC1. The van der Waals surface area contributed by atoms with Crippen molar-refractivity contribution in [3.8, 4) is 0 Å². The van der Waals surface area contributed by atoms with Crippen LogP contribution >= 0.6 is 0 Å². The minimum atomic E-state index is -1.27. The molecule has 10 heteroatoms. The Labute approximate surface area is 188 Å². The second-order valence-electron chi connectivity index (χ2n) is 9.23. The average molecular weight is 453 g/mol. The van der Waals surface area contributed by atoms with Gasteiger partial charge in [0.05, 0.1) is 12.5 Å². The van der Waals surface area contributed by atoms with Crippen molar-refractivity contribution in [3.05, 3.63) is 0 Å². The van der Waals surface area contributed by atoms with E-state index in [4.69, 9.17) is 4.74 Å². The van der Waals surface area contributed by atoms with Crippen LogP contribution in [0.2, 0.25) is 0 Å². The van der Waals surface area contributed by atoms with E-state index in [9.17, 15) is 24.3 Å². The van der Waals surface area contributed by atoms with E-state index in [1.54, 1.807) is 4.90 Å². The minimum absolute atomic E-state index is 0.0875. The third-order valence-electron chi connectivity index (χ3n) is 6.59. The number of ether oxygens (including phenoxy) is 1. The first-order chi connectivity index (χ1) is 15.4. The summed E-state index contributed by atoms with van der Waals surface area (Å²) in [6.45, 7) is 3.08. The molecule has 1 aliphatic carbocycles.